The summed E-state index contributed by atoms with van der Waals surface area (Å²) in [4.78, 5) is 28.1. The van der Waals surface area contributed by atoms with E-state index in [1.807, 2.05) is 0 Å². The van der Waals surface area contributed by atoms with Gasteiger partial charge in [0.2, 0.25) is 0 Å². The first-order valence-corrected chi connectivity index (χ1v) is 3.58. The third-order valence-corrected chi connectivity index (χ3v) is 1.65. The van der Waals surface area contributed by atoms with E-state index in [4.69, 9.17) is 5.21 Å². The van der Waals surface area contributed by atoms with Gasteiger partial charge in [-0.05, 0) is 13.8 Å². The summed E-state index contributed by atoms with van der Waals surface area (Å²) in [6.45, 7) is 3.32. The number of aromatic nitrogens is 2. The fraction of sp³-hybridized carbons (Fsp3) is 0.286. The van der Waals surface area contributed by atoms with Crippen LogP contribution in [0.15, 0.2) is 4.79 Å². The molecule has 0 saturated carbocycles. The van der Waals surface area contributed by atoms with Crippen LogP contribution in [0.2, 0.25) is 0 Å². The summed E-state index contributed by atoms with van der Waals surface area (Å²) >= 11 is 0. The van der Waals surface area contributed by atoms with Crippen molar-refractivity contribution in [3.05, 3.63) is 27.4 Å². The van der Waals surface area contributed by atoms with Crippen molar-refractivity contribution in [3.8, 4) is 0 Å². The summed E-state index contributed by atoms with van der Waals surface area (Å²) in [5, 5.41) is 8.28. The molecule has 0 aliphatic heterocycles. The monoisotopic (exact) mass is 183 g/mol. The van der Waals surface area contributed by atoms with Gasteiger partial charge in [-0.25, -0.2) is 10.5 Å². The molecule has 0 atom stereocenters. The number of carbonyl (C=O) groups excluding carboxylic acids is 1. The van der Waals surface area contributed by atoms with Gasteiger partial charge in [-0.1, -0.05) is 0 Å². The van der Waals surface area contributed by atoms with Crippen LogP contribution in [0, 0.1) is 13.8 Å². The van der Waals surface area contributed by atoms with Crippen molar-refractivity contribution in [1.29, 1.82) is 0 Å². The first-order valence-electron chi connectivity index (χ1n) is 3.58. The van der Waals surface area contributed by atoms with Crippen molar-refractivity contribution in [2.75, 3.05) is 0 Å². The molecule has 1 aromatic heterocycles. The van der Waals surface area contributed by atoms with Gasteiger partial charge >= 0.3 is 0 Å². The van der Waals surface area contributed by atoms with Crippen LogP contribution in [0.4, 0.5) is 0 Å². The second kappa shape index (κ2) is 3.36. The number of aryl methyl sites for hydroxylation is 2. The Balaban J connectivity index is 3.32. The molecule has 0 saturated heterocycles. The summed E-state index contributed by atoms with van der Waals surface area (Å²) < 4.78 is 0. The Hall–Kier alpha value is -1.69. The molecule has 0 unspecified atom stereocenters. The predicted molar refractivity (Wildman–Crippen MR) is 43.6 cm³/mol. The molecule has 1 rings (SSSR count). The third kappa shape index (κ3) is 1.73. The highest BCUT2D eigenvalue weighted by Gasteiger charge is 2.12. The average molecular weight is 183 g/mol. The normalized spacial score (nSPS) is 9.77. The lowest BCUT2D eigenvalue weighted by Crippen LogP contribution is -2.29. The Labute approximate surface area is 73.6 Å². The summed E-state index contributed by atoms with van der Waals surface area (Å²) in [6, 6.07) is 0. The average Bonchev–Trinajstić information content (AvgIpc) is 2.10. The van der Waals surface area contributed by atoms with Crippen LogP contribution in [-0.4, -0.2) is 21.1 Å². The highest BCUT2D eigenvalue weighted by molar-refractivity contribution is 5.90. The van der Waals surface area contributed by atoms with Gasteiger partial charge in [-0.3, -0.25) is 14.8 Å². The quantitative estimate of drug-likeness (QED) is 0.404. The summed E-state index contributed by atoms with van der Waals surface area (Å²) in [5.41, 5.74) is 1.53. The zero-order chi connectivity index (χ0) is 10.0. The van der Waals surface area contributed by atoms with E-state index in [0.29, 0.717) is 11.4 Å². The molecule has 13 heavy (non-hydrogen) atoms. The molecule has 6 heteroatoms. The van der Waals surface area contributed by atoms with Crippen molar-refractivity contribution in [2.45, 2.75) is 13.8 Å². The minimum absolute atomic E-state index is 0.342. The van der Waals surface area contributed by atoms with Crippen molar-refractivity contribution >= 4 is 5.91 Å². The van der Waals surface area contributed by atoms with E-state index in [-0.39, 0.29) is 5.69 Å². The van der Waals surface area contributed by atoms with E-state index >= 15 is 0 Å². The van der Waals surface area contributed by atoms with Gasteiger partial charge in [-0.2, -0.15) is 0 Å². The Bertz CT molecular complexity index is 396. The third-order valence-electron chi connectivity index (χ3n) is 1.65. The number of H-pyrrole nitrogens is 1. The first kappa shape index (κ1) is 9.40. The predicted octanol–water partition coefficient (Wildman–Crippen LogP) is -0.494. The van der Waals surface area contributed by atoms with Crippen molar-refractivity contribution < 1.29 is 10.0 Å². The summed E-state index contributed by atoms with van der Waals surface area (Å²) in [7, 11) is 0. The number of nitrogens with one attached hydrogen (secondary N) is 2. The van der Waals surface area contributed by atoms with Crippen LogP contribution in [0.5, 0.6) is 0 Å². The van der Waals surface area contributed by atoms with E-state index in [1.54, 1.807) is 13.8 Å². The molecule has 0 aromatic carbocycles. The molecule has 0 fully saturated rings. The zero-order valence-electron chi connectivity index (χ0n) is 7.21. The fourth-order valence-electron chi connectivity index (χ4n) is 0.829. The molecule has 70 valence electrons. The summed E-state index contributed by atoms with van der Waals surface area (Å²) in [5.74, 6) is -0.913. The number of aromatic amines is 1. The molecule has 1 aromatic rings. The number of hydrogen-bond donors (Lipinski definition) is 3. The van der Waals surface area contributed by atoms with Crippen LogP contribution in [0.25, 0.3) is 0 Å². The molecule has 1 heterocycles. The van der Waals surface area contributed by atoms with Gasteiger partial charge < -0.3 is 4.98 Å². The Morgan fingerprint density at radius 3 is 2.69 bits per heavy atom. The topological polar surface area (TPSA) is 95.1 Å². The molecular formula is C7H9N3O3. The van der Waals surface area contributed by atoms with Crippen LogP contribution < -0.4 is 11.0 Å². The van der Waals surface area contributed by atoms with Gasteiger partial charge in [0.15, 0.2) is 5.69 Å². The fourth-order valence-corrected chi connectivity index (χ4v) is 0.829. The molecule has 0 bridgehead atoms. The second-order valence-electron chi connectivity index (χ2n) is 2.57. The largest absolute Gasteiger partial charge is 0.323 e. The van der Waals surface area contributed by atoms with E-state index in [0.717, 1.165) is 0 Å². The van der Waals surface area contributed by atoms with Crippen LogP contribution >= 0.6 is 0 Å². The number of nitrogens with zero attached hydrogens (tertiary/aromatic N) is 1. The smallest absolute Gasteiger partial charge is 0.298 e. The maximum absolute atomic E-state index is 11.1. The number of rotatable bonds is 1. The highest BCUT2D eigenvalue weighted by atomic mass is 16.5. The maximum atomic E-state index is 11.1. The molecule has 0 aliphatic rings. The molecule has 6 nitrogen and oxygen atoms in total. The zero-order valence-corrected chi connectivity index (χ0v) is 7.21. The Morgan fingerprint density at radius 2 is 2.15 bits per heavy atom. The molecular weight excluding hydrogens is 174 g/mol. The van der Waals surface area contributed by atoms with E-state index in [2.05, 4.69) is 9.97 Å². The SMILES string of the molecule is Cc1nc(C(=O)NO)c(=O)[nH]c1C. The van der Waals surface area contributed by atoms with Gasteiger partial charge in [0.05, 0.1) is 5.69 Å². The number of carbonyl (C=O) groups is 1. The van der Waals surface area contributed by atoms with E-state index in [1.165, 1.54) is 5.48 Å². The molecule has 1 amide bonds. The van der Waals surface area contributed by atoms with Gasteiger partial charge in [0.1, 0.15) is 0 Å². The minimum Gasteiger partial charge on any atom is -0.323 e. The van der Waals surface area contributed by atoms with Gasteiger partial charge in [0.25, 0.3) is 11.5 Å². The van der Waals surface area contributed by atoms with Crippen molar-refractivity contribution in [2.24, 2.45) is 0 Å². The Morgan fingerprint density at radius 1 is 1.54 bits per heavy atom. The maximum Gasteiger partial charge on any atom is 0.298 e. The minimum atomic E-state index is -0.913. The standard InChI is InChI=1S/C7H9N3O3/c1-3-4(2)9-6(11)5(8-3)7(12)10-13/h13H,1-2H3,(H,9,11)(H,10,12). The van der Waals surface area contributed by atoms with Crippen molar-refractivity contribution in [3.63, 3.8) is 0 Å². The molecule has 3 N–H and O–H groups in total. The first-order chi connectivity index (χ1) is 6.06. The number of hydrogen-bond acceptors (Lipinski definition) is 4. The lowest BCUT2D eigenvalue weighted by atomic mass is 10.3. The molecule has 0 aliphatic carbocycles. The lowest BCUT2D eigenvalue weighted by molar-refractivity contribution is 0.0698. The Kier molecular flexibility index (Phi) is 2.43. The van der Waals surface area contributed by atoms with Crippen LogP contribution in [0.3, 0.4) is 0 Å². The summed E-state index contributed by atoms with van der Waals surface area (Å²) in [6.07, 6.45) is 0. The second-order valence-corrected chi connectivity index (χ2v) is 2.57. The van der Waals surface area contributed by atoms with Crippen LogP contribution in [-0.2, 0) is 0 Å². The van der Waals surface area contributed by atoms with Gasteiger partial charge in [0, 0.05) is 5.69 Å². The van der Waals surface area contributed by atoms with Crippen LogP contribution in [0.1, 0.15) is 21.9 Å². The van der Waals surface area contributed by atoms with Crippen molar-refractivity contribution in [1.82, 2.24) is 15.4 Å². The highest BCUT2D eigenvalue weighted by Crippen LogP contribution is 1.96. The molecule has 0 spiro atoms. The molecule has 0 radical (unpaired) electrons. The van der Waals surface area contributed by atoms with Gasteiger partial charge in [-0.15, -0.1) is 0 Å². The van der Waals surface area contributed by atoms with E-state index in [9.17, 15) is 9.59 Å². The number of amides is 1. The number of hydroxylamine groups is 1. The van der Waals surface area contributed by atoms with E-state index < -0.39 is 11.5 Å². The lowest BCUT2D eigenvalue weighted by Gasteiger charge is -2.01.